The lowest BCUT2D eigenvalue weighted by atomic mass is 10.0. The van der Waals surface area contributed by atoms with Crippen LogP contribution in [0.25, 0.3) is 11.1 Å². The third kappa shape index (κ3) is 4.56. The fourth-order valence-electron chi connectivity index (χ4n) is 3.83. The number of hydrogen-bond donors (Lipinski definition) is 1. The van der Waals surface area contributed by atoms with Crippen molar-refractivity contribution in [2.45, 2.75) is 31.4 Å². The lowest BCUT2D eigenvalue weighted by molar-refractivity contribution is -0.119. The average Bonchev–Trinajstić information content (AvgIpc) is 2.81. The molecule has 1 aliphatic rings. The lowest BCUT2D eigenvalue weighted by Gasteiger charge is -2.31. The summed E-state index contributed by atoms with van der Waals surface area (Å²) in [5.74, 6) is 0.136. The van der Waals surface area contributed by atoms with Gasteiger partial charge in [-0.15, -0.1) is 0 Å². The molecular weight excluding hydrogens is 459 g/mol. The van der Waals surface area contributed by atoms with Gasteiger partial charge < -0.3 is 14.8 Å². The number of anilines is 1. The molecule has 1 amide bonds. The van der Waals surface area contributed by atoms with Crippen LogP contribution in [-0.2, 0) is 21.4 Å². The normalized spacial score (nSPS) is 13.7. The molecule has 0 saturated carbocycles. The number of carbonyl (C=O) groups is 1. The minimum Gasteiger partial charge on any atom is -0.493 e. The number of nitrogens with one attached hydrogen (secondary N) is 1. The van der Waals surface area contributed by atoms with Crippen LogP contribution >= 0.6 is 0 Å². The van der Waals surface area contributed by atoms with Crippen LogP contribution in [0, 0.1) is 5.82 Å². The Balaban J connectivity index is 1.55. The van der Waals surface area contributed by atoms with Gasteiger partial charge >= 0.3 is 0 Å². The molecule has 9 heteroatoms. The molecule has 0 atom stereocenters. The topological polar surface area (TPSA) is 84.9 Å². The molecule has 3 aromatic rings. The Labute approximate surface area is 198 Å². The Hall–Kier alpha value is -3.59. The zero-order valence-electron chi connectivity index (χ0n) is 19.0. The van der Waals surface area contributed by atoms with Crippen molar-refractivity contribution in [1.82, 2.24) is 5.32 Å². The lowest BCUT2D eigenvalue weighted by Crippen LogP contribution is -2.42. The number of benzene rings is 3. The summed E-state index contributed by atoms with van der Waals surface area (Å²) in [6, 6.07) is 15.5. The molecule has 178 valence electrons. The highest BCUT2D eigenvalue weighted by Crippen LogP contribution is 2.43. The smallest absolute Gasteiger partial charge is 0.265 e. The van der Waals surface area contributed by atoms with Gasteiger partial charge in [-0.2, -0.15) is 0 Å². The average molecular weight is 485 g/mol. The van der Waals surface area contributed by atoms with E-state index in [-0.39, 0.29) is 23.2 Å². The highest BCUT2D eigenvalue weighted by atomic mass is 32.2. The van der Waals surface area contributed by atoms with Crippen molar-refractivity contribution in [1.29, 1.82) is 0 Å². The van der Waals surface area contributed by atoms with Gasteiger partial charge in [0.1, 0.15) is 12.4 Å². The molecule has 0 radical (unpaired) electrons. The van der Waals surface area contributed by atoms with Crippen LogP contribution in [0.4, 0.5) is 10.1 Å². The minimum absolute atomic E-state index is 0.0209. The van der Waals surface area contributed by atoms with E-state index < -0.39 is 28.3 Å². The zero-order chi connectivity index (χ0) is 24.5. The number of ether oxygens (including phenoxy) is 2. The number of hydrogen-bond acceptors (Lipinski definition) is 5. The number of halogens is 1. The van der Waals surface area contributed by atoms with E-state index in [4.69, 9.17) is 9.47 Å². The van der Waals surface area contributed by atoms with E-state index in [0.717, 1.165) is 9.87 Å². The van der Waals surface area contributed by atoms with Crippen LogP contribution in [0.5, 0.6) is 11.5 Å². The maximum atomic E-state index is 14.0. The SMILES string of the molecule is COc1cc(CNC(=O)CN2c3ccc(F)cc3-c3ccccc3S2(=O)=O)ccc1OC(C)C. The second kappa shape index (κ2) is 9.34. The molecule has 1 aliphatic heterocycles. The summed E-state index contributed by atoms with van der Waals surface area (Å²) >= 11 is 0. The van der Waals surface area contributed by atoms with E-state index >= 15 is 0 Å². The predicted octanol–water partition coefficient (Wildman–Crippen LogP) is 4.11. The van der Waals surface area contributed by atoms with Gasteiger partial charge in [0.25, 0.3) is 10.0 Å². The molecule has 0 fully saturated rings. The third-order valence-corrected chi connectivity index (χ3v) is 7.16. The van der Waals surface area contributed by atoms with Gasteiger partial charge in [0.15, 0.2) is 11.5 Å². The number of amides is 1. The van der Waals surface area contributed by atoms with E-state index in [0.29, 0.717) is 22.6 Å². The third-order valence-electron chi connectivity index (χ3n) is 5.34. The summed E-state index contributed by atoms with van der Waals surface area (Å²) in [4.78, 5) is 12.8. The Morgan fingerprint density at radius 1 is 1.03 bits per heavy atom. The summed E-state index contributed by atoms with van der Waals surface area (Å²) in [6.45, 7) is 3.54. The fraction of sp³-hybridized carbons (Fsp3) is 0.240. The van der Waals surface area contributed by atoms with Gasteiger partial charge in [-0.1, -0.05) is 24.3 Å². The van der Waals surface area contributed by atoms with Gasteiger partial charge in [-0.25, -0.2) is 12.8 Å². The van der Waals surface area contributed by atoms with E-state index in [2.05, 4.69) is 5.32 Å². The van der Waals surface area contributed by atoms with E-state index in [1.54, 1.807) is 36.4 Å². The van der Waals surface area contributed by atoms with Crippen molar-refractivity contribution in [3.05, 3.63) is 72.0 Å². The van der Waals surface area contributed by atoms with Gasteiger partial charge in [-0.05, 0) is 55.8 Å². The van der Waals surface area contributed by atoms with E-state index in [1.165, 1.54) is 31.4 Å². The Bertz CT molecular complexity index is 1340. The number of rotatable bonds is 7. The number of methoxy groups -OCH3 is 1. The second-order valence-corrected chi connectivity index (χ2v) is 9.93. The van der Waals surface area contributed by atoms with Gasteiger partial charge in [0.2, 0.25) is 5.91 Å². The highest BCUT2D eigenvalue weighted by molar-refractivity contribution is 7.93. The van der Waals surface area contributed by atoms with Crippen molar-refractivity contribution in [3.8, 4) is 22.6 Å². The molecule has 1 N–H and O–H groups in total. The first kappa shape index (κ1) is 23.6. The Morgan fingerprint density at radius 2 is 1.79 bits per heavy atom. The number of fused-ring (bicyclic) bond motifs is 3. The molecule has 0 saturated heterocycles. The fourth-order valence-corrected chi connectivity index (χ4v) is 5.48. The molecule has 0 bridgehead atoms. The zero-order valence-corrected chi connectivity index (χ0v) is 19.9. The van der Waals surface area contributed by atoms with E-state index in [1.807, 2.05) is 13.8 Å². The summed E-state index contributed by atoms with van der Waals surface area (Å²) < 4.78 is 52.6. The van der Waals surface area contributed by atoms with Crippen LogP contribution in [0.3, 0.4) is 0 Å². The van der Waals surface area contributed by atoms with Crippen LogP contribution in [0.1, 0.15) is 19.4 Å². The summed E-state index contributed by atoms with van der Waals surface area (Å²) in [5.41, 5.74) is 1.84. The molecule has 0 aromatic heterocycles. The van der Waals surface area contributed by atoms with Crippen molar-refractivity contribution < 1.29 is 27.1 Å². The molecular formula is C25H25FN2O5S. The molecule has 4 rings (SSSR count). The largest absolute Gasteiger partial charge is 0.493 e. The first-order valence-electron chi connectivity index (χ1n) is 10.7. The van der Waals surface area contributed by atoms with Gasteiger partial charge in [0, 0.05) is 17.7 Å². The van der Waals surface area contributed by atoms with Gasteiger partial charge in [0.05, 0.1) is 23.8 Å². The molecule has 0 aliphatic carbocycles. The van der Waals surface area contributed by atoms with Crippen LogP contribution in [0.2, 0.25) is 0 Å². The van der Waals surface area contributed by atoms with Crippen LogP contribution < -0.4 is 19.1 Å². The van der Waals surface area contributed by atoms with Crippen molar-refractivity contribution in [2.75, 3.05) is 18.0 Å². The molecule has 34 heavy (non-hydrogen) atoms. The second-order valence-electron chi connectivity index (χ2n) is 8.10. The maximum absolute atomic E-state index is 14.0. The van der Waals surface area contributed by atoms with Gasteiger partial charge in [-0.3, -0.25) is 9.10 Å². The van der Waals surface area contributed by atoms with E-state index in [9.17, 15) is 17.6 Å². The van der Waals surface area contributed by atoms with Crippen LogP contribution in [0.15, 0.2) is 65.6 Å². The molecule has 7 nitrogen and oxygen atoms in total. The minimum atomic E-state index is -4.00. The van der Waals surface area contributed by atoms with Crippen molar-refractivity contribution in [2.24, 2.45) is 0 Å². The Morgan fingerprint density at radius 3 is 2.53 bits per heavy atom. The quantitative estimate of drug-likeness (QED) is 0.546. The Kier molecular flexibility index (Phi) is 6.47. The summed E-state index contributed by atoms with van der Waals surface area (Å²) in [7, 11) is -2.47. The number of sulfonamides is 1. The predicted molar refractivity (Wildman–Crippen MR) is 127 cm³/mol. The molecule has 1 heterocycles. The maximum Gasteiger partial charge on any atom is 0.265 e. The van der Waals surface area contributed by atoms with Crippen molar-refractivity contribution in [3.63, 3.8) is 0 Å². The monoisotopic (exact) mass is 484 g/mol. The first-order chi connectivity index (χ1) is 16.2. The number of carbonyl (C=O) groups excluding carboxylic acids is 1. The summed E-state index contributed by atoms with van der Waals surface area (Å²) in [5, 5.41) is 2.75. The molecule has 0 spiro atoms. The highest BCUT2D eigenvalue weighted by Gasteiger charge is 2.36. The first-order valence-corrected chi connectivity index (χ1v) is 12.2. The summed E-state index contributed by atoms with van der Waals surface area (Å²) in [6.07, 6.45) is -0.0209. The molecule has 3 aromatic carbocycles. The number of nitrogens with zero attached hydrogens (tertiary/aromatic N) is 1. The molecule has 0 unspecified atom stereocenters. The van der Waals surface area contributed by atoms with Crippen molar-refractivity contribution >= 4 is 21.6 Å². The van der Waals surface area contributed by atoms with Crippen LogP contribution in [-0.4, -0.2) is 34.1 Å². The standard InChI is InChI=1S/C25H25FN2O5S/c1-16(2)33-22-11-8-17(12-23(22)32-3)14-27-25(29)15-28-21-10-9-18(26)13-20(21)19-6-4-5-7-24(19)34(28,30)31/h4-13,16H,14-15H2,1-3H3,(H,27,29).